The van der Waals surface area contributed by atoms with Gasteiger partial charge in [-0.3, -0.25) is 0 Å². The summed E-state index contributed by atoms with van der Waals surface area (Å²) in [5.74, 6) is 1.18. The second-order valence-electron chi connectivity index (χ2n) is 4.89. The summed E-state index contributed by atoms with van der Waals surface area (Å²) < 4.78 is 29.9. The lowest BCUT2D eigenvalue weighted by molar-refractivity contribution is -0.0505. The van der Waals surface area contributed by atoms with Crippen molar-refractivity contribution >= 4 is 15.9 Å². The first kappa shape index (κ1) is 14.7. The number of rotatable bonds is 8. The van der Waals surface area contributed by atoms with Gasteiger partial charge in [0.2, 0.25) is 0 Å². The zero-order valence-electron chi connectivity index (χ0n) is 10.7. The van der Waals surface area contributed by atoms with E-state index in [2.05, 4.69) is 26.0 Å². The van der Waals surface area contributed by atoms with Gasteiger partial charge in [0.15, 0.2) is 0 Å². The first-order valence-corrected chi connectivity index (χ1v) is 7.38. The van der Waals surface area contributed by atoms with Gasteiger partial charge in [-0.1, -0.05) is 28.8 Å². The number of alkyl halides is 2. The fourth-order valence-corrected chi connectivity index (χ4v) is 2.45. The highest BCUT2D eigenvalue weighted by atomic mass is 79.9. The minimum absolute atomic E-state index is 0.243. The normalized spacial score (nSPS) is 14.9. The molecule has 2 rings (SSSR count). The van der Waals surface area contributed by atoms with Gasteiger partial charge in [0, 0.05) is 16.6 Å². The SMILES string of the molecule is FC(F)Oc1ccc(Br)cc1CNCCCC1CC1. The van der Waals surface area contributed by atoms with Gasteiger partial charge in [0.25, 0.3) is 0 Å². The van der Waals surface area contributed by atoms with Gasteiger partial charge in [-0.2, -0.15) is 8.78 Å². The molecule has 0 spiro atoms. The van der Waals surface area contributed by atoms with Crippen LogP contribution in [0.2, 0.25) is 0 Å². The van der Waals surface area contributed by atoms with Crippen molar-refractivity contribution in [1.29, 1.82) is 0 Å². The van der Waals surface area contributed by atoms with E-state index in [1.54, 1.807) is 12.1 Å². The number of hydrogen-bond acceptors (Lipinski definition) is 2. The standard InChI is InChI=1S/C14H18BrF2NO/c15-12-5-6-13(19-14(16)17)11(8-12)9-18-7-1-2-10-3-4-10/h5-6,8,10,14,18H,1-4,7,9H2. The Morgan fingerprint density at radius 3 is 2.84 bits per heavy atom. The van der Waals surface area contributed by atoms with E-state index in [9.17, 15) is 8.78 Å². The number of hydrogen-bond donors (Lipinski definition) is 1. The Kier molecular flexibility index (Phi) is 5.58. The Morgan fingerprint density at radius 1 is 1.37 bits per heavy atom. The Balaban J connectivity index is 1.80. The zero-order chi connectivity index (χ0) is 13.7. The molecule has 1 fully saturated rings. The fraction of sp³-hybridized carbons (Fsp3) is 0.571. The van der Waals surface area contributed by atoms with Crippen molar-refractivity contribution in [1.82, 2.24) is 5.32 Å². The summed E-state index contributed by atoms with van der Waals surface area (Å²) in [6, 6.07) is 5.08. The van der Waals surface area contributed by atoms with Crippen LogP contribution in [0.3, 0.4) is 0 Å². The first-order valence-electron chi connectivity index (χ1n) is 6.59. The minimum atomic E-state index is -2.78. The zero-order valence-corrected chi connectivity index (χ0v) is 12.3. The van der Waals surface area contributed by atoms with Gasteiger partial charge < -0.3 is 10.1 Å². The topological polar surface area (TPSA) is 21.3 Å². The summed E-state index contributed by atoms with van der Waals surface area (Å²) in [5.41, 5.74) is 0.751. The number of nitrogens with one attached hydrogen (secondary N) is 1. The van der Waals surface area contributed by atoms with E-state index in [4.69, 9.17) is 0 Å². The maximum atomic E-state index is 12.3. The summed E-state index contributed by atoms with van der Waals surface area (Å²) in [4.78, 5) is 0. The van der Waals surface area contributed by atoms with Crippen LogP contribution in [0.5, 0.6) is 5.75 Å². The molecule has 1 aliphatic rings. The Morgan fingerprint density at radius 2 is 2.16 bits per heavy atom. The van der Waals surface area contributed by atoms with Crippen molar-refractivity contribution in [3.8, 4) is 5.75 Å². The van der Waals surface area contributed by atoms with Crippen LogP contribution in [-0.2, 0) is 6.54 Å². The summed E-state index contributed by atoms with van der Waals surface area (Å²) >= 11 is 3.34. The maximum Gasteiger partial charge on any atom is 0.387 e. The van der Waals surface area contributed by atoms with Crippen LogP contribution < -0.4 is 10.1 Å². The van der Waals surface area contributed by atoms with E-state index in [0.29, 0.717) is 6.54 Å². The molecule has 0 bridgehead atoms. The van der Waals surface area contributed by atoms with Crippen molar-refractivity contribution in [2.75, 3.05) is 6.54 Å². The molecular formula is C14H18BrF2NO. The molecule has 0 heterocycles. The molecule has 0 atom stereocenters. The Bertz CT molecular complexity index is 410. The summed E-state index contributed by atoms with van der Waals surface area (Å²) in [6.07, 6.45) is 5.16. The van der Waals surface area contributed by atoms with Gasteiger partial charge in [-0.15, -0.1) is 0 Å². The summed E-state index contributed by atoms with van der Waals surface area (Å²) in [6.45, 7) is -1.32. The van der Waals surface area contributed by atoms with Crippen LogP contribution in [0.4, 0.5) is 8.78 Å². The van der Waals surface area contributed by atoms with Crippen LogP contribution in [-0.4, -0.2) is 13.2 Å². The van der Waals surface area contributed by atoms with E-state index < -0.39 is 6.61 Å². The fourth-order valence-electron chi connectivity index (χ4n) is 2.04. The molecule has 0 saturated heterocycles. The number of benzene rings is 1. The van der Waals surface area contributed by atoms with Gasteiger partial charge in [0.05, 0.1) is 0 Å². The average Bonchev–Trinajstić information content (AvgIpc) is 3.15. The highest BCUT2D eigenvalue weighted by Gasteiger charge is 2.19. The largest absolute Gasteiger partial charge is 0.434 e. The van der Waals surface area contributed by atoms with Crippen LogP contribution in [0, 0.1) is 5.92 Å². The van der Waals surface area contributed by atoms with Gasteiger partial charge >= 0.3 is 6.61 Å². The minimum Gasteiger partial charge on any atom is -0.434 e. The molecule has 0 radical (unpaired) electrons. The predicted octanol–water partition coefficient (Wildman–Crippen LogP) is 4.33. The predicted molar refractivity (Wildman–Crippen MR) is 74.4 cm³/mol. The van der Waals surface area contributed by atoms with E-state index in [-0.39, 0.29) is 5.75 Å². The highest BCUT2D eigenvalue weighted by Crippen LogP contribution is 2.33. The lowest BCUT2D eigenvalue weighted by Gasteiger charge is -2.12. The van der Waals surface area contributed by atoms with E-state index >= 15 is 0 Å². The van der Waals surface area contributed by atoms with Crippen molar-refractivity contribution in [3.05, 3.63) is 28.2 Å². The lowest BCUT2D eigenvalue weighted by atomic mass is 10.2. The smallest absolute Gasteiger partial charge is 0.387 e. The van der Waals surface area contributed by atoms with Crippen molar-refractivity contribution in [2.45, 2.75) is 38.8 Å². The lowest BCUT2D eigenvalue weighted by Crippen LogP contribution is -2.16. The molecule has 0 unspecified atom stereocenters. The molecular weight excluding hydrogens is 316 g/mol. The molecule has 2 nitrogen and oxygen atoms in total. The molecule has 1 saturated carbocycles. The monoisotopic (exact) mass is 333 g/mol. The molecule has 1 aromatic carbocycles. The summed E-state index contributed by atoms with van der Waals surface area (Å²) in [5, 5.41) is 3.28. The Hall–Kier alpha value is -0.680. The third kappa shape index (κ3) is 5.45. The molecule has 0 aromatic heterocycles. The van der Waals surface area contributed by atoms with Gasteiger partial charge in [-0.05, 0) is 43.5 Å². The van der Waals surface area contributed by atoms with Gasteiger partial charge in [0.1, 0.15) is 5.75 Å². The molecule has 5 heteroatoms. The van der Waals surface area contributed by atoms with Gasteiger partial charge in [-0.25, -0.2) is 0 Å². The van der Waals surface area contributed by atoms with Crippen LogP contribution in [0.25, 0.3) is 0 Å². The molecule has 1 aliphatic carbocycles. The van der Waals surface area contributed by atoms with E-state index in [1.165, 1.54) is 19.3 Å². The van der Waals surface area contributed by atoms with Crippen LogP contribution in [0.1, 0.15) is 31.2 Å². The van der Waals surface area contributed by atoms with Crippen molar-refractivity contribution in [3.63, 3.8) is 0 Å². The second-order valence-corrected chi connectivity index (χ2v) is 5.81. The first-order chi connectivity index (χ1) is 9.15. The molecule has 1 N–H and O–H groups in total. The molecule has 1 aromatic rings. The number of ether oxygens (including phenoxy) is 1. The molecule has 106 valence electrons. The molecule has 0 aliphatic heterocycles. The van der Waals surface area contributed by atoms with Crippen LogP contribution in [0.15, 0.2) is 22.7 Å². The number of halogens is 3. The van der Waals surface area contributed by atoms with Crippen molar-refractivity contribution < 1.29 is 13.5 Å². The Labute approximate surface area is 120 Å². The highest BCUT2D eigenvalue weighted by molar-refractivity contribution is 9.10. The van der Waals surface area contributed by atoms with Crippen LogP contribution >= 0.6 is 15.9 Å². The maximum absolute atomic E-state index is 12.3. The quantitative estimate of drug-likeness (QED) is 0.715. The third-order valence-electron chi connectivity index (χ3n) is 3.22. The second kappa shape index (κ2) is 7.20. The molecule has 19 heavy (non-hydrogen) atoms. The third-order valence-corrected chi connectivity index (χ3v) is 3.71. The van der Waals surface area contributed by atoms with E-state index in [1.807, 2.05) is 6.07 Å². The van der Waals surface area contributed by atoms with Crippen molar-refractivity contribution in [2.24, 2.45) is 5.92 Å². The average molecular weight is 334 g/mol. The molecule has 0 amide bonds. The van der Waals surface area contributed by atoms with E-state index in [0.717, 1.165) is 28.9 Å². The summed E-state index contributed by atoms with van der Waals surface area (Å²) in [7, 11) is 0.